The molecule has 21 heavy (non-hydrogen) atoms. The van der Waals surface area contributed by atoms with Gasteiger partial charge in [-0.3, -0.25) is 0 Å². The van der Waals surface area contributed by atoms with Gasteiger partial charge in [-0.2, -0.15) is 0 Å². The number of hydrogen-bond acceptors (Lipinski definition) is 3. The summed E-state index contributed by atoms with van der Waals surface area (Å²) < 4.78 is 4.92. The normalized spacial score (nSPS) is 12.9. The maximum atomic E-state index is 11.6. The van der Waals surface area contributed by atoms with Crippen LogP contribution in [0.1, 0.15) is 51.8 Å². The molecule has 0 bridgehead atoms. The minimum absolute atomic E-state index is 0.0126. The van der Waals surface area contributed by atoms with Gasteiger partial charge in [-0.05, 0) is 30.4 Å². The third-order valence-electron chi connectivity index (χ3n) is 2.96. The number of carbonyl (C=O) groups is 2. The number of carboxylic acids is 1. The minimum Gasteiger partial charge on any atom is -0.479 e. The van der Waals surface area contributed by atoms with Crippen LogP contribution in [0.15, 0.2) is 24.3 Å². The van der Waals surface area contributed by atoms with Gasteiger partial charge in [0.15, 0.2) is 6.04 Å². The highest BCUT2D eigenvalue weighted by atomic mass is 16.6. The highest BCUT2D eigenvalue weighted by molar-refractivity contribution is 5.81. The van der Waals surface area contributed by atoms with E-state index in [4.69, 9.17) is 4.74 Å². The van der Waals surface area contributed by atoms with E-state index in [2.05, 4.69) is 26.1 Å². The molecule has 0 saturated heterocycles. The van der Waals surface area contributed by atoms with Crippen molar-refractivity contribution in [2.24, 2.45) is 0 Å². The van der Waals surface area contributed by atoms with E-state index in [1.807, 2.05) is 12.1 Å². The van der Waals surface area contributed by atoms with Crippen LogP contribution in [0.3, 0.4) is 0 Å². The molecule has 5 nitrogen and oxygen atoms in total. The standard InChI is InChI=1S/C16H23NO4/c1-10(2)21-15(20)17-13(14(18)19)11-6-8-12(9-7-11)16(3,4)5/h6-10,13H,1-5H3,(H,17,20)(H,18,19). The van der Waals surface area contributed by atoms with Gasteiger partial charge in [0, 0.05) is 0 Å². The van der Waals surface area contributed by atoms with Gasteiger partial charge < -0.3 is 15.2 Å². The maximum Gasteiger partial charge on any atom is 0.408 e. The zero-order valence-corrected chi connectivity index (χ0v) is 13.1. The fraction of sp³-hybridized carbons (Fsp3) is 0.500. The summed E-state index contributed by atoms with van der Waals surface area (Å²) in [6.07, 6.45) is -1.04. The highest BCUT2D eigenvalue weighted by Crippen LogP contribution is 2.24. The Morgan fingerprint density at radius 2 is 1.67 bits per heavy atom. The summed E-state index contributed by atoms with van der Waals surface area (Å²) in [5, 5.41) is 11.6. The van der Waals surface area contributed by atoms with Gasteiger partial charge in [0.25, 0.3) is 0 Å². The van der Waals surface area contributed by atoms with Crippen LogP contribution in [-0.2, 0) is 14.9 Å². The third kappa shape index (κ3) is 5.10. The Balaban J connectivity index is 2.91. The SMILES string of the molecule is CC(C)OC(=O)NC(C(=O)O)c1ccc(C(C)(C)C)cc1. The number of carbonyl (C=O) groups excluding carboxylic acids is 1. The fourth-order valence-electron chi connectivity index (χ4n) is 1.83. The number of ether oxygens (including phenoxy) is 1. The van der Waals surface area contributed by atoms with Crippen LogP contribution in [0, 0.1) is 0 Å². The number of alkyl carbamates (subject to hydrolysis) is 1. The van der Waals surface area contributed by atoms with Gasteiger partial charge >= 0.3 is 12.1 Å². The maximum absolute atomic E-state index is 11.6. The average Bonchev–Trinajstić information content (AvgIpc) is 2.34. The first-order chi connectivity index (χ1) is 9.61. The quantitative estimate of drug-likeness (QED) is 0.893. The van der Waals surface area contributed by atoms with Crippen LogP contribution in [0.5, 0.6) is 0 Å². The molecule has 2 N–H and O–H groups in total. The number of aliphatic carboxylic acids is 1. The summed E-state index contributed by atoms with van der Waals surface area (Å²) in [7, 11) is 0. The zero-order valence-electron chi connectivity index (χ0n) is 13.1. The van der Waals surface area contributed by atoms with Crippen LogP contribution in [0.25, 0.3) is 0 Å². The fourth-order valence-corrected chi connectivity index (χ4v) is 1.83. The molecule has 0 aliphatic heterocycles. The molecule has 1 aromatic rings. The molecule has 1 rings (SSSR count). The smallest absolute Gasteiger partial charge is 0.408 e. The molecule has 1 aromatic carbocycles. The highest BCUT2D eigenvalue weighted by Gasteiger charge is 2.24. The lowest BCUT2D eigenvalue weighted by Crippen LogP contribution is -2.35. The van der Waals surface area contributed by atoms with Crippen molar-refractivity contribution in [3.8, 4) is 0 Å². The van der Waals surface area contributed by atoms with Gasteiger partial charge in [-0.15, -0.1) is 0 Å². The first-order valence-electron chi connectivity index (χ1n) is 6.91. The van der Waals surface area contributed by atoms with Gasteiger partial charge in [0.1, 0.15) is 0 Å². The molecular weight excluding hydrogens is 270 g/mol. The lowest BCUT2D eigenvalue weighted by atomic mass is 9.86. The molecule has 1 unspecified atom stereocenters. The predicted octanol–water partition coefficient (Wildman–Crippen LogP) is 3.24. The van der Waals surface area contributed by atoms with E-state index in [-0.39, 0.29) is 11.5 Å². The Bertz CT molecular complexity index is 500. The zero-order chi connectivity index (χ0) is 16.2. The second-order valence-corrected chi connectivity index (χ2v) is 6.24. The predicted molar refractivity (Wildman–Crippen MR) is 80.3 cm³/mol. The monoisotopic (exact) mass is 293 g/mol. The number of carboxylic acid groups (broad SMARTS) is 1. The van der Waals surface area contributed by atoms with Crippen molar-refractivity contribution in [3.05, 3.63) is 35.4 Å². The van der Waals surface area contributed by atoms with Gasteiger partial charge in [-0.1, -0.05) is 45.0 Å². The van der Waals surface area contributed by atoms with E-state index in [0.29, 0.717) is 5.56 Å². The van der Waals surface area contributed by atoms with Crippen molar-refractivity contribution < 1.29 is 19.4 Å². The van der Waals surface area contributed by atoms with Crippen LogP contribution in [0.4, 0.5) is 4.79 Å². The van der Waals surface area contributed by atoms with E-state index in [9.17, 15) is 14.7 Å². The Morgan fingerprint density at radius 1 is 1.14 bits per heavy atom. The Kier molecular flexibility index (Phi) is 5.35. The second-order valence-electron chi connectivity index (χ2n) is 6.24. The Morgan fingerprint density at radius 3 is 2.05 bits per heavy atom. The van der Waals surface area contributed by atoms with Gasteiger partial charge in [0.05, 0.1) is 6.10 Å². The summed E-state index contributed by atoms with van der Waals surface area (Å²) in [5.41, 5.74) is 1.60. The van der Waals surface area contributed by atoms with Crippen LogP contribution in [0.2, 0.25) is 0 Å². The molecule has 1 amide bonds. The molecule has 0 fully saturated rings. The lowest BCUT2D eigenvalue weighted by Gasteiger charge is -2.21. The topological polar surface area (TPSA) is 75.6 Å². The molecule has 0 saturated carbocycles. The van der Waals surface area contributed by atoms with Crippen LogP contribution in [-0.4, -0.2) is 23.3 Å². The first-order valence-corrected chi connectivity index (χ1v) is 6.91. The number of nitrogens with one attached hydrogen (secondary N) is 1. The second kappa shape index (κ2) is 6.61. The molecule has 1 atom stereocenters. The van der Waals surface area contributed by atoms with E-state index < -0.39 is 18.1 Å². The van der Waals surface area contributed by atoms with Crippen LogP contribution < -0.4 is 5.32 Å². The van der Waals surface area contributed by atoms with Crippen molar-refractivity contribution in [1.29, 1.82) is 0 Å². The van der Waals surface area contributed by atoms with Crippen molar-refractivity contribution >= 4 is 12.1 Å². The van der Waals surface area contributed by atoms with E-state index >= 15 is 0 Å². The molecule has 0 spiro atoms. The van der Waals surface area contributed by atoms with Crippen LogP contribution >= 0.6 is 0 Å². The molecule has 0 aliphatic rings. The summed E-state index contributed by atoms with van der Waals surface area (Å²) in [5.74, 6) is -1.13. The molecule has 116 valence electrons. The minimum atomic E-state index is -1.13. The molecule has 0 heterocycles. The van der Waals surface area contributed by atoms with Crippen molar-refractivity contribution in [3.63, 3.8) is 0 Å². The van der Waals surface area contributed by atoms with Crippen molar-refractivity contribution in [2.45, 2.75) is 52.2 Å². The van der Waals surface area contributed by atoms with Gasteiger partial charge in [-0.25, -0.2) is 9.59 Å². The van der Waals surface area contributed by atoms with E-state index in [1.54, 1.807) is 26.0 Å². The number of hydrogen-bond donors (Lipinski definition) is 2. The summed E-state index contributed by atoms with van der Waals surface area (Å²) in [6.45, 7) is 9.64. The van der Waals surface area contributed by atoms with E-state index in [1.165, 1.54) is 0 Å². The van der Waals surface area contributed by atoms with Crippen molar-refractivity contribution in [1.82, 2.24) is 5.32 Å². The van der Waals surface area contributed by atoms with E-state index in [0.717, 1.165) is 5.56 Å². The Labute approximate surface area is 125 Å². The first kappa shape index (κ1) is 17.0. The summed E-state index contributed by atoms with van der Waals surface area (Å²) in [6, 6.07) is 6.07. The summed E-state index contributed by atoms with van der Waals surface area (Å²) in [4.78, 5) is 22.9. The molecule has 0 aliphatic carbocycles. The summed E-state index contributed by atoms with van der Waals surface area (Å²) >= 11 is 0. The molecule has 5 heteroatoms. The van der Waals surface area contributed by atoms with Crippen molar-refractivity contribution in [2.75, 3.05) is 0 Å². The number of benzene rings is 1. The van der Waals surface area contributed by atoms with Gasteiger partial charge in [0.2, 0.25) is 0 Å². The average molecular weight is 293 g/mol. The third-order valence-corrected chi connectivity index (χ3v) is 2.96. The number of amides is 1. The Hall–Kier alpha value is -2.04. The number of rotatable bonds is 4. The lowest BCUT2D eigenvalue weighted by molar-refractivity contribution is -0.139. The molecule has 0 aromatic heterocycles. The largest absolute Gasteiger partial charge is 0.479 e. The molecule has 0 radical (unpaired) electrons. The molecular formula is C16H23NO4.